The predicted molar refractivity (Wildman–Crippen MR) is 64.7 cm³/mol. The van der Waals surface area contributed by atoms with Crippen LogP contribution < -0.4 is 10.6 Å². The van der Waals surface area contributed by atoms with Crippen molar-refractivity contribution >= 4 is 29.7 Å². The van der Waals surface area contributed by atoms with E-state index in [4.69, 9.17) is 0 Å². The summed E-state index contributed by atoms with van der Waals surface area (Å²) in [5.74, 6) is 0.136. The summed E-state index contributed by atoms with van der Waals surface area (Å²) < 4.78 is 0. The van der Waals surface area contributed by atoms with Crippen LogP contribution in [0.1, 0.15) is 12.0 Å². The molecule has 0 radical (unpaired) electrons. The summed E-state index contributed by atoms with van der Waals surface area (Å²) in [6.45, 7) is 1.93. The lowest BCUT2D eigenvalue weighted by Crippen LogP contribution is -2.37. The first-order valence-electron chi connectivity index (χ1n) is 4.86. The van der Waals surface area contributed by atoms with Crippen LogP contribution in [-0.4, -0.2) is 25.0 Å². The molecule has 2 N–H and O–H groups in total. The maximum Gasteiger partial charge on any atom is 0.224 e. The summed E-state index contributed by atoms with van der Waals surface area (Å²) in [6.07, 6.45) is 1.56. The van der Waals surface area contributed by atoms with Gasteiger partial charge in [0, 0.05) is 12.6 Å². The minimum absolute atomic E-state index is 0. The Hall–Kier alpha value is -0.580. The summed E-state index contributed by atoms with van der Waals surface area (Å²) in [6, 6.07) is 2.33. The molecule has 5 heteroatoms. The first-order valence-corrected chi connectivity index (χ1v) is 5.80. The van der Waals surface area contributed by atoms with Crippen molar-refractivity contribution in [3.63, 3.8) is 0 Å². The number of rotatable bonds is 3. The Kier molecular flexibility index (Phi) is 5.08. The van der Waals surface area contributed by atoms with Gasteiger partial charge in [-0.15, -0.1) is 12.4 Å². The molecule has 0 unspecified atom stereocenters. The molecule has 0 aromatic carbocycles. The first-order chi connectivity index (χ1) is 6.84. The van der Waals surface area contributed by atoms with E-state index in [1.54, 1.807) is 11.3 Å². The molecule has 1 aliphatic rings. The molecule has 0 bridgehead atoms. The number of hydrogen-bond acceptors (Lipinski definition) is 3. The van der Waals surface area contributed by atoms with E-state index in [1.807, 2.05) is 16.8 Å². The van der Waals surface area contributed by atoms with Gasteiger partial charge in [0.25, 0.3) is 0 Å². The number of hydrogen-bond donors (Lipinski definition) is 2. The van der Waals surface area contributed by atoms with Crippen molar-refractivity contribution in [1.29, 1.82) is 0 Å². The quantitative estimate of drug-likeness (QED) is 0.841. The Labute approximate surface area is 99.7 Å². The van der Waals surface area contributed by atoms with Crippen molar-refractivity contribution in [3.8, 4) is 0 Å². The number of amides is 1. The van der Waals surface area contributed by atoms with Crippen molar-refractivity contribution in [1.82, 2.24) is 10.6 Å². The molecular weight excluding hydrogens is 232 g/mol. The third-order valence-corrected chi connectivity index (χ3v) is 3.10. The summed E-state index contributed by atoms with van der Waals surface area (Å²) in [7, 11) is 0. The van der Waals surface area contributed by atoms with Crippen LogP contribution in [0.25, 0.3) is 0 Å². The minimum atomic E-state index is 0. The molecule has 1 saturated heterocycles. The predicted octanol–water partition coefficient (Wildman–Crippen LogP) is 1.19. The maximum absolute atomic E-state index is 11.5. The SMILES string of the molecule is Cl.O=C(Cc1ccsc1)N[C@@H]1CCNC1. The zero-order valence-corrected chi connectivity index (χ0v) is 10.00. The van der Waals surface area contributed by atoms with E-state index in [1.165, 1.54) is 0 Å². The monoisotopic (exact) mass is 246 g/mol. The maximum atomic E-state index is 11.5. The third-order valence-electron chi connectivity index (χ3n) is 2.37. The van der Waals surface area contributed by atoms with Gasteiger partial charge in [0.2, 0.25) is 5.91 Å². The molecule has 0 aliphatic carbocycles. The molecule has 2 rings (SSSR count). The highest BCUT2D eigenvalue weighted by Crippen LogP contribution is 2.07. The number of halogens is 1. The Morgan fingerprint density at radius 1 is 1.67 bits per heavy atom. The van der Waals surface area contributed by atoms with Crippen molar-refractivity contribution in [2.45, 2.75) is 18.9 Å². The molecule has 0 saturated carbocycles. The summed E-state index contributed by atoms with van der Waals surface area (Å²) in [4.78, 5) is 11.5. The van der Waals surface area contributed by atoms with Gasteiger partial charge in [-0.05, 0) is 35.4 Å². The van der Waals surface area contributed by atoms with Crippen LogP contribution in [0, 0.1) is 0 Å². The van der Waals surface area contributed by atoms with Gasteiger partial charge in [0.15, 0.2) is 0 Å². The number of thiophene rings is 1. The molecule has 1 aromatic rings. The molecule has 15 heavy (non-hydrogen) atoms. The second kappa shape index (κ2) is 6.10. The van der Waals surface area contributed by atoms with Gasteiger partial charge in [-0.1, -0.05) is 0 Å². The van der Waals surface area contributed by atoms with E-state index >= 15 is 0 Å². The molecule has 1 fully saturated rings. The largest absolute Gasteiger partial charge is 0.352 e. The van der Waals surface area contributed by atoms with Crippen LogP contribution in [0.2, 0.25) is 0 Å². The molecule has 2 heterocycles. The third kappa shape index (κ3) is 3.81. The van der Waals surface area contributed by atoms with Crippen LogP contribution in [0.4, 0.5) is 0 Å². The van der Waals surface area contributed by atoms with Crippen LogP contribution in [0.15, 0.2) is 16.8 Å². The average Bonchev–Trinajstić information content (AvgIpc) is 2.76. The molecule has 0 spiro atoms. The van der Waals surface area contributed by atoms with Crippen molar-refractivity contribution in [2.75, 3.05) is 13.1 Å². The smallest absolute Gasteiger partial charge is 0.224 e. The van der Waals surface area contributed by atoms with Gasteiger partial charge in [-0.25, -0.2) is 0 Å². The normalized spacial score (nSPS) is 19.6. The Bertz CT molecular complexity index is 296. The van der Waals surface area contributed by atoms with E-state index in [0.717, 1.165) is 25.1 Å². The molecule has 3 nitrogen and oxygen atoms in total. The van der Waals surface area contributed by atoms with E-state index in [2.05, 4.69) is 10.6 Å². The number of nitrogens with one attached hydrogen (secondary N) is 2. The topological polar surface area (TPSA) is 41.1 Å². The fourth-order valence-electron chi connectivity index (χ4n) is 1.64. The molecular formula is C10H15ClN2OS. The Morgan fingerprint density at radius 3 is 3.13 bits per heavy atom. The molecule has 1 aromatic heterocycles. The lowest BCUT2D eigenvalue weighted by Gasteiger charge is -2.10. The van der Waals surface area contributed by atoms with Gasteiger partial charge < -0.3 is 10.6 Å². The Balaban J connectivity index is 0.00000112. The van der Waals surface area contributed by atoms with Gasteiger partial charge in [-0.2, -0.15) is 11.3 Å². The van der Waals surface area contributed by atoms with Crippen LogP contribution in [-0.2, 0) is 11.2 Å². The zero-order chi connectivity index (χ0) is 9.80. The zero-order valence-electron chi connectivity index (χ0n) is 8.36. The van der Waals surface area contributed by atoms with Gasteiger partial charge in [-0.3, -0.25) is 4.79 Å². The fourth-order valence-corrected chi connectivity index (χ4v) is 2.30. The first kappa shape index (κ1) is 12.5. The van der Waals surface area contributed by atoms with Gasteiger partial charge in [0.1, 0.15) is 0 Å². The molecule has 1 aliphatic heterocycles. The lowest BCUT2D eigenvalue weighted by molar-refractivity contribution is -0.121. The van der Waals surface area contributed by atoms with E-state index in [9.17, 15) is 4.79 Å². The van der Waals surface area contributed by atoms with E-state index in [-0.39, 0.29) is 18.3 Å². The fraction of sp³-hybridized carbons (Fsp3) is 0.500. The molecule has 1 amide bonds. The summed E-state index contributed by atoms with van der Waals surface area (Å²) in [5, 5.41) is 10.3. The number of carbonyl (C=O) groups excluding carboxylic acids is 1. The average molecular weight is 247 g/mol. The van der Waals surface area contributed by atoms with E-state index < -0.39 is 0 Å². The van der Waals surface area contributed by atoms with Crippen LogP contribution in [0.3, 0.4) is 0 Å². The standard InChI is InChI=1S/C10H14N2OS.ClH/c13-10(5-8-2-4-14-7-8)12-9-1-3-11-6-9;/h2,4,7,9,11H,1,3,5-6H2,(H,12,13);1H/t9-;/m1./s1. The van der Waals surface area contributed by atoms with Gasteiger partial charge in [0.05, 0.1) is 6.42 Å². The second-order valence-electron chi connectivity index (χ2n) is 3.57. The van der Waals surface area contributed by atoms with Gasteiger partial charge >= 0.3 is 0 Å². The Morgan fingerprint density at radius 2 is 2.53 bits per heavy atom. The van der Waals surface area contributed by atoms with Crippen molar-refractivity contribution in [3.05, 3.63) is 22.4 Å². The molecule has 84 valence electrons. The summed E-state index contributed by atoms with van der Waals surface area (Å²) >= 11 is 1.63. The van der Waals surface area contributed by atoms with Crippen LogP contribution >= 0.6 is 23.7 Å². The lowest BCUT2D eigenvalue weighted by atomic mass is 10.2. The minimum Gasteiger partial charge on any atom is -0.352 e. The second-order valence-corrected chi connectivity index (χ2v) is 4.35. The number of carbonyl (C=O) groups is 1. The highest BCUT2D eigenvalue weighted by atomic mass is 35.5. The van der Waals surface area contributed by atoms with Crippen molar-refractivity contribution in [2.24, 2.45) is 0 Å². The summed E-state index contributed by atoms with van der Waals surface area (Å²) in [5.41, 5.74) is 1.11. The highest BCUT2D eigenvalue weighted by Gasteiger charge is 2.16. The highest BCUT2D eigenvalue weighted by molar-refractivity contribution is 7.07. The molecule has 1 atom stereocenters. The van der Waals surface area contributed by atoms with E-state index in [0.29, 0.717) is 12.5 Å². The van der Waals surface area contributed by atoms with Crippen molar-refractivity contribution < 1.29 is 4.79 Å². The van der Waals surface area contributed by atoms with Crippen LogP contribution in [0.5, 0.6) is 0 Å².